The first-order valence-corrected chi connectivity index (χ1v) is 5.16. The molecule has 0 radical (unpaired) electrons. The highest BCUT2D eigenvalue weighted by atomic mass is 16.5. The van der Waals surface area contributed by atoms with Gasteiger partial charge in [0, 0.05) is 11.3 Å². The van der Waals surface area contributed by atoms with Crippen molar-refractivity contribution in [2.45, 2.75) is 27.2 Å². The quantitative estimate of drug-likeness (QED) is 0.609. The number of ether oxygens (including phenoxy) is 1. The largest absolute Gasteiger partial charge is 0.494 e. The number of carbonyl (C=O) groups excluding carboxylic acids is 1. The Balaban J connectivity index is 3.23. The van der Waals surface area contributed by atoms with Gasteiger partial charge in [0.1, 0.15) is 5.75 Å². The second-order valence-electron chi connectivity index (χ2n) is 3.39. The third-order valence-electron chi connectivity index (χ3n) is 2.29. The molecule has 0 unspecified atom stereocenters. The lowest BCUT2D eigenvalue weighted by Gasteiger charge is -2.12. The van der Waals surface area contributed by atoms with Crippen molar-refractivity contribution >= 4 is 11.5 Å². The number of hydrogen-bond donors (Lipinski definition) is 1. The van der Waals surface area contributed by atoms with E-state index in [1.165, 1.54) is 6.92 Å². The second-order valence-corrected chi connectivity index (χ2v) is 3.39. The Kier molecular flexibility index (Phi) is 3.72. The summed E-state index contributed by atoms with van der Waals surface area (Å²) in [5.41, 5.74) is 7.90. The molecule has 0 amide bonds. The smallest absolute Gasteiger partial charge is 0.162 e. The zero-order chi connectivity index (χ0) is 11.4. The monoisotopic (exact) mass is 207 g/mol. The molecule has 0 aromatic heterocycles. The maximum absolute atomic E-state index is 11.3. The number of Topliss-reactive ketones (excluding diaryl/α,β-unsaturated/α-hetero) is 1. The van der Waals surface area contributed by atoms with Gasteiger partial charge in [0.05, 0.1) is 6.61 Å². The summed E-state index contributed by atoms with van der Waals surface area (Å²) >= 11 is 0. The highest BCUT2D eigenvalue weighted by molar-refractivity contribution is 5.99. The first-order chi connectivity index (χ1) is 7.10. The molecule has 3 heteroatoms. The molecule has 0 aliphatic carbocycles. The molecule has 1 aromatic carbocycles. The molecule has 15 heavy (non-hydrogen) atoms. The van der Waals surface area contributed by atoms with Gasteiger partial charge in [-0.25, -0.2) is 0 Å². The van der Waals surface area contributed by atoms with Crippen LogP contribution in [0.25, 0.3) is 0 Å². The van der Waals surface area contributed by atoms with Gasteiger partial charge in [0.2, 0.25) is 0 Å². The number of ketones is 1. The van der Waals surface area contributed by atoms with E-state index in [0.717, 1.165) is 17.7 Å². The van der Waals surface area contributed by atoms with Gasteiger partial charge in [0.15, 0.2) is 5.78 Å². The predicted molar refractivity (Wildman–Crippen MR) is 61.4 cm³/mol. The van der Waals surface area contributed by atoms with Crippen molar-refractivity contribution in [2.24, 2.45) is 0 Å². The van der Waals surface area contributed by atoms with Crippen LogP contribution in [-0.2, 0) is 6.42 Å². The van der Waals surface area contributed by atoms with Crippen LogP contribution in [0.5, 0.6) is 5.75 Å². The number of aryl methyl sites for hydroxylation is 1. The molecule has 1 rings (SSSR count). The van der Waals surface area contributed by atoms with Crippen molar-refractivity contribution < 1.29 is 9.53 Å². The fourth-order valence-electron chi connectivity index (χ4n) is 1.51. The molecule has 0 saturated heterocycles. The van der Waals surface area contributed by atoms with Crippen molar-refractivity contribution in [1.29, 1.82) is 0 Å². The van der Waals surface area contributed by atoms with Crippen molar-refractivity contribution in [3.63, 3.8) is 0 Å². The fourth-order valence-corrected chi connectivity index (χ4v) is 1.51. The van der Waals surface area contributed by atoms with Crippen LogP contribution in [0.1, 0.15) is 36.7 Å². The van der Waals surface area contributed by atoms with E-state index >= 15 is 0 Å². The number of carbonyl (C=O) groups is 1. The summed E-state index contributed by atoms with van der Waals surface area (Å²) in [7, 11) is 0. The summed E-state index contributed by atoms with van der Waals surface area (Å²) in [6.07, 6.45) is 0.845. The molecule has 0 saturated carbocycles. The van der Waals surface area contributed by atoms with E-state index < -0.39 is 0 Å². The van der Waals surface area contributed by atoms with Crippen LogP contribution in [0.2, 0.25) is 0 Å². The lowest BCUT2D eigenvalue weighted by Crippen LogP contribution is -2.04. The number of nitrogen functional groups attached to an aromatic ring is 1. The Hall–Kier alpha value is -1.51. The number of rotatable bonds is 4. The van der Waals surface area contributed by atoms with Crippen LogP contribution in [-0.4, -0.2) is 12.4 Å². The van der Waals surface area contributed by atoms with Crippen molar-refractivity contribution in [3.8, 4) is 5.75 Å². The molecule has 0 heterocycles. The molecular weight excluding hydrogens is 190 g/mol. The van der Waals surface area contributed by atoms with Gasteiger partial charge in [-0.3, -0.25) is 4.79 Å². The first-order valence-electron chi connectivity index (χ1n) is 5.16. The Morgan fingerprint density at radius 2 is 2.07 bits per heavy atom. The lowest BCUT2D eigenvalue weighted by atomic mass is 10.0. The van der Waals surface area contributed by atoms with E-state index in [4.69, 9.17) is 10.5 Å². The maximum Gasteiger partial charge on any atom is 0.162 e. The van der Waals surface area contributed by atoms with Gasteiger partial charge >= 0.3 is 0 Å². The highest BCUT2D eigenvalue weighted by Crippen LogP contribution is 2.26. The van der Waals surface area contributed by atoms with Crippen molar-refractivity contribution in [1.82, 2.24) is 0 Å². The number of benzene rings is 1. The summed E-state index contributed by atoms with van der Waals surface area (Å²) in [4.78, 5) is 11.3. The van der Waals surface area contributed by atoms with Gasteiger partial charge in [0.25, 0.3) is 0 Å². The molecule has 0 spiro atoms. The Labute approximate surface area is 90.2 Å². The van der Waals surface area contributed by atoms with Gasteiger partial charge in [-0.1, -0.05) is 6.92 Å². The average molecular weight is 207 g/mol. The van der Waals surface area contributed by atoms with E-state index in [9.17, 15) is 4.79 Å². The Morgan fingerprint density at radius 3 is 2.53 bits per heavy atom. The second kappa shape index (κ2) is 4.82. The normalized spacial score (nSPS) is 10.1. The van der Waals surface area contributed by atoms with E-state index in [-0.39, 0.29) is 5.78 Å². The van der Waals surface area contributed by atoms with E-state index in [0.29, 0.717) is 17.9 Å². The van der Waals surface area contributed by atoms with Gasteiger partial charge < -0.3 is 10.5 Å². The van der Waals surface area contributed by atoms with E-state index in [2.05, 4.69) is 0 Å². The minimum atomic E-state index is -0.0314. The zero-order valence-electron chi connectivity index (χ0n) is 9.46. The van der Waals surface area contributed by atoms with Crippen LogP contribution < -0.4 is 10.5 Å². The van der Waals surface area contributed by atoms with E-state index in [1.54, 1.807) is 6.07 Å². The molecule has 2 N–H and O–H groups in total. The Morgan fingerprint density at radius 1 is 1.40 bits per heavy atom. The predicted octanol–water partition coefficient (Wildman–Crippen LogP) is 2.43. The minimum Gasteiger partial charge on any atom is -0.494 e. The molecule has 0 aliphatic rings. The molecular formula is C12H17NO2. The molecule has 82 valence electrons. The van der Waals surface area contributed by atoms with E-state index in [1.807, 2.05) is 19.9 Å². The summed E-state index contributed by atoms with van der Waals surface area (Å²) in [6.45, 7) is 6.05. The molecule has 0 bridgehead atoms. The molecule has 0 fully saturated rings. The van der Waals surface area contributed by atoms with Crippen LogP contribution in [0.4, 0.5) is 5.69 Å². The van der Waals surface area contributed by atoms with Crippen LogP contribution in [0.3, 0.4) is 0 Å². The zero-order valence-corrected chi connectivity index (χ0v) is 9.46. The number of nitrogens with two attached hydrogens (primary N) is 1. The number of hydrogen-bond acceptors (Lipinski definition) is 3. The third-order valence-corrected chi connectivity index (χ3v) is 2.29. The van der Waals surface area contributed by atoms with Crippen molar-refractivity contribution in [3.05, 3.63) is 23.3 Å². The maximum atomic E-state index is 11.3. The van der Waals surface area contributed by atoms with Gasteiger partial charge in [-0.2, -0.15) is 0 Å². The standard InChI is InChI=1S/C12H17NO2/c1-4-9-6-11(13)10(8(3)14)7-12(9)15-5-2/h6-7H,4-5,13H2,1-3H3. The average Bonchev–Trinajstić information content (AvgIpc) is 2.20. The van der Waals surface area contributed by atoms with Crippen LogP contribution >= 0.6 is 0 Å². The summed E-state index contributed by atoms with van der Waals surface area (Å²) < 4.78 is 5.47. The lowest BCUT2D eigenvalue weighted by molar-refractivity contribution is 0.101. The summed E-state index contributed by atoms with van der Waals surface area (Å²) in [5, 5.41) is 0. The molecule has 1 aromatic rings. The highest BCUT2D eigenvalue weighted by Gasteiger charge is 2.10. The van der Waals surface area contributed by atoms with Crippen LogP contribution in [0.15, 0.2) is 12.1 Å². The molecule has 3 nitrogen and oxygen atoms in total. The molecule has 0 atom stereocenters. The van der Waals surface area contributed by atoms with Crippen molar-refractivity contribution in [2.75, 3.05) is 12.3 Å². The van der Waals surface area contributed by atoms with Crippen LogP contribution in [0, 0.1) is 0 Å². The minimum absolute atomic E-state index is 0.0314. The fraction of sp³-hybridized carbons (Fsp3) is 0.417. The summed E-state index contributed by atoms with van der Waals surface area (Å²) in [5.74, 6) is 0.732. The molecule has 0 aliphatic heterocycles. The SMILES string of the molecule is CCOc1cc(C(C)=O)c(N)cc1CC. The topological polar surface area (TPSA) is 52.3 Å². The van der Waals surface area contributed by atoms with Gasteiger partial charge in [-0.05, 0) is 38.0 Å². The van der Waals surface area contributed by atoms with Gasteiger partial charge in [-0.15, -0.1) is 0 Å². The number of anilines is 1. The third kappa shape index (κ3) is 2.49. The Bertz CT molecular complexity index is 372. The summed E-state index contributed by atoms with van der Waals surface area (Å²) in [6, 6.07) is 3.56. The first kappa shape index (κ1) is 11.6.